The number of carbonyl (C=O) groups is 1. The van der Waals surface area contributed by atoms with Gasteiger partial charge in [0.1, 0.15) is 5.82 Å². The number of rotatable bonds is 3. The number of halogens is 2. The first-order valence-corrected chi connectivity index (χ1v) is 9.77. The Kier molecular flexibility index (Phi) is 4.41. The number of benzene rings is 1. The number of carbonyl (C=O) groups excluding carboxylic acids is 1. The number of amides is 1. The van der Waals surface area contributed by atoms with Gasteiger partial charge >= 0.3 is 0 Å². The van der Waals surface area contributed by atoms with Crippen molar-refractivity contribution in [2.75, 3.05) is 0 Å². The van der Waals surface area contributed by atoms with E-state index in [0.717, 1.165) is 10.9 Å². The Morgan fingerprint density at radius 2 is 1.97 bits per heavy atom. The van der Waals surface area contributed by atoms with Gasteiger partial charge < -0.3 is 4.90 Å². The Balaban J connectivity index is 1.55. The van der Waals surface area contributed by atoms with Gasteiger partial charge in [-0.15, -0.1) is 0 Å². The van der Waals surface area contributed by atoms with Crippen LogP contribution in [0.1, 0.15) is 21.6 Å². The van der Waals surface area contributed by atoms with Crippen LogP contribution in [0.2, 0.25) is 5.02 Å². The molecular weight excluding hydrogens is 414 g/mol. The number of fused-ring (bicyclic) bond motifs is 2. The molecule has 4 radical (unpaired) electrons. The molecule has 3 aromatic heterocycles. The molecule has 4 heterocycles. The summed E-state index contributed by atoms with van der Waals surface area (Å²) in [6.07, 6.45) is 4.91. The SMILES string of the molecule is [B]C1([B])c2ncccc2C(=O)N1Cc1c(F)cc(-c2ccnc3nn(C)cc23)cc1Cl. The molecule has 5 rings (SSSR count). The average Bonchev–Trinajstić information content (AvgIpc) is 3.20. The maximum atomic E-state index is 15.2. The van der Waals surface area contributed by atoms with Gasteiger partial charge in [0.15, 0.2) is 5.65 Å². The fourth-order valence-electron chi connectivity index (χ4n) is 3.89. The highest BCUT2D eigenvalue weighted by atomic mass is 35.5. The van der Waals surface area contributed by atoms with Crippen molar-refractivity contribution >= 4 is 44.2 Å². The van der Waals surface area contributed by atoms with Crippen molar-refractivity contribution in [3.05, 3.63) is 76.6 Å². The lowest BCUT2D eigenvalue weighted by Gasteiger charge is -2.33. The van der Waals surface area contributed by atoms with E-state index in [1.807, 2.05) is 6.20 Å². The number of hydrogen-bond donors (Lipinski definition) is 0. The highest BCUT2D eigenvalue weighted by molar-refractivity contribution is 6.42. The Bertz CT molecular complexity index is 1350. The minimum absolute atomic E-state index is 0.114. The quantitative estimate of drug-likeness (QED) is 0.472. The molecule has 0 fully saturated rings. The molecule has 0 N–H and O–H groups in total. The van der Waals surface area contributed by atoms with Crippen LogP contribution in [-0.2, 0) is 18.9 Å². The van der Waals surface area contributed by atoms with Crippen LogP contribution in [0, 0.1) is 5.82 Å². The molecule has 0 unspecified atom stereocenters. The largest absolute Gasteiger partial charge is 0.340 e. The molecule has 148 valence electrons. The summed E-state index contributed by atoms with van der Waals surface area (Å²) in [6, 6.07) is 7.98. The number of aromatic nitrogens is 4. The summed E-state index contributed by atoms with van der Waals surface area (Å²) in [5.41, 5.74) is 2.50. The first kappa shape index (κ1) is 19.8. The summed E-state index contributed by atoms with van der Waals surface area (Å²) in [4.78, 5) is 22.3. The first-order chi connectivity index (χ1) is 14.8. The molecule has 4 aromatic rings. The second kappa shape index (κ2) is 6.92. The van der Waals surface area contributed by atoms with Gasteiger partial charge in [0, 0.05) is 53.5 Å². The zero-order valence-corrected chi connectivity index (χ0v) is 17.1. The van der Waals surface area contributed by atoms with E-state index in [9.17, 15) is 4.79 Å². The van der Waals surface area contributed by atoms with Crippen molar-refractivity contribution in [3.63, 3.8) is 0 Å². The van der Waals surface area contributed by atoms with E-state index in [1.165, 1.54) is 17.2 Å². The summed E-state index contributed by atoms with van der Waals surface area (Å²) >= 11 is 6.46. The molecule has 31 heavy (non-hydrogen) atoms. The maximum absolute atomic E-state index is 15.2. The third kappa shape index (κ3) is 3.03. The van der Waals surface area contributed by atoms with Gasteiger partial charge in [-0.2, -0.15) is 5.10 Å². The molecule has 0 saturated heterocycles. The van der Waals surface area contributed by atoms with E-state index < -0.39 is 17.1 Å². The van der Waals surface area contributed by atoms with E-state index in [0.29, 0.717) is 11.2 Å². The van der Waals surface area contributed by atoms with Gasteiger partial charge in [0.2, 0.25) is 0 Å². The van der Waals surface area contributed by atoms with Crippen LogP contribution < -0.4 is 0 Å². The Labute approximate surface area is 184 Å². The van der Waals surface area contributed by atoms with Crippen molar-refractivity contribution in [2.24, 2.45) is 7.05 Å². The molecular formula is C21H13B2ClFN5O. The minimum atomic E-state index is -1.67. The molecule has 1 aromatic carbocycles. The zero-order valence-electron chi connectivity index (χ0n) is 16.4. The Morgan fingerprint density at radius 3 is 2.71 bits per heavy atom. The number of pyridine rings is 2. The normalized spacial score (nSPS) is 14.9. The van der Waals surface area contributed by atoms with Crippen LogP contribution in [-0.4, -0.2) is 46.2 Å². The van der Waals surface area contributed by atoms with Crippen molar-refractivity contribution in [3.8, 4) is 11.1 Å². The molecule has 1 aliphatic heterocycles. The van der Waals surface area contributed by atoms with E-state index >= 15 is 4.39 Å². The van der Waals surface area contributed by atoms with E-state index in [4.69, 9.17) is 27.3 Å². The zero-order chi connectivity index (χ0) is 21.9. The predicted octanol–water partition coefficient (Wildman–Crippen LogP) is 2.93. The molecule has 1 aliphatic rings. The number of nitrogens with zero attached hydrogens (tertiary/aromatic N) is 5. The summed E-state index contributed by atoms with van der Waals surface area (Å²) < 4.78 is 16.8. The van der Waals surface area contributed by atoms with Crippen molar-refractivity contribution < 1.29 is 9.18 Å². The van der Waals surface area contributed by atoms with Gasteiger partial charge in [0.25, 0.3) is 5.91 Å². The second-order valence-electron chi connectivity index (χ2n) is 7.43. The van der Waals surface area contributed by atoms with Crippen LogP contribution >= 0.6 is 11.6 Å². The van der Waals surface area contributed by atoms with Crippen LogP contribution in [0.25, 0.3) is 22.2 Å². The Morgan fingerprint density at radius 1 is 1.16 bits per heavy atom. The Hall–Kier alpha value is -3.19. The third-order valence-corrected chi connectivity index (χ3v) is 5.75. The van der Waals surface area contributed by atoms with Gasteiger partial charge in [-0.25, -0.2) is 9.37 Å². The smallest absolute Gasteiger partial charge is 0.255 e. The van der Waals surface area contributed by atoms with E-state index in [-0.39, 0.29) is 28.4 Å². The molecule has 1 amide bonds. The van der Waals surface area contributed by atoms with Crippen molar-refractivity contribution in [2.45, 2.75) is 11.9 Å². The molecule has 0 atom stereocenters. The monoisotopic (exact) mass is 427 g/mol. The summed E-state index contributed by atoms with van der Waals surface area (Å²) in [5, 5.41) is 3.52. The van der Waals surface area contributed by atoms with Gasteiger partial charge in [0.05, 0.1) is 26.9 Å². The first-order valence-electron chi connectivity index (χ1n) is 9.39. The minimum Gasteiger partial charge on any atom is -0.340 e. The fraction of sp³-hybridized carbons (Fsp3) is 0.143. The predicted molar refractivity (Wildman–Crippen MR) is 116 cm³/mol. The van der Waals surface area contributed by atoms with Gasteiger partial charge in [-0.1, -0.05) is 11.6 Å². The summed E-state index contributed by atoms with van der Waals surface area (Å²) in [7, 11) is 14.2. The lowest BCUT2D eigenvalue weighted by Crippen LogP contribution is -2.44. The third-order valence-electron chi connectivity index (χ3n) is 5.41. The van der Waals surface area contributed by atoms with Crippen LogP contribution in [0.4, 0.5) is 4.39 Å². The van der Waals surface area contributed by atoms with Crippen molar-refractivity contribution in [1.82, 2.24) is 24.6 Å². The second-order valence-corrected chi connectivity index (χ2v) is 7.84. The lowest BCUT2D eigenvalue weighted by atomic mass is 9.59. The maximum Gasteiger partial charge on any atom is 0.255 e. The van der Waals surface area contributed by atoms with Gasteiger partial charge in [-0.3, -0.25) is 14.5 Å². The molecule has 0 saturated carbocycles. The van der Waals surface area contributed by atoms with E-state index in [2.05, 4.69) is 15.1 Å². The highest BCUT2D eigenvalue weighted by Crippen LogP contribution is 2.37. The molecule has 10 heteroatoms. The topological polar surface area (TPSA) is 63.9 Å². The molecule has 0 spiro atoms. The highest BCUT2D eigenvalue weighted by Gasteiger charge is 2.43. The molecule has 6 nitrogen and oxygen atoms in total. The average molecular weight is 427 g/mol. The number of hydrogen-bond acceptors (Lipinski definition) is 4. The summed E-state index contributed by atoms with van der Waals surface area (Å²) in [5.74, 6) is -1.01. The lowest BCUT2D eigenvalue weighted by molar-refractivity contribution is 0.0729. The standard InChI is InChI=1S/C21H13B2ClFN5O/c1-29-9-14-12(4-6-27-19(14)28-29)11-7-16(24)15(17(25)8-11)10-30-20(31)13-3-2-5-26-18(13)21(30,22)23/h2-9H,10H2,1H3. The van der Waals surface area contributed by atoms with Gasteiger partial charge in [-0.05, 0) is 41.5 Å². The van der Waals surface area contributed by atoms with Crippen molar-refractivity contribution in [1.29, 1.82) is 0 Å². The van der Waals surface area contributed by atoms with Crippen LogP contribution in [0.5, 0.6) is 0 Å². The number of aryl methyl sites for hydroxylation is 1. The molecule has 0 aliphatic carbocycles. The van der Waals surface area contributed by atoms with Crippen LogP contribution in [0.3, 0.4) is 0 Å². The molecule has 0 bridgehead atoms. The van der Waals surface area contributed by atoms with Crippen LogP contribution in [0.15, 0.2) is 48.9 Å². The summed E-state index contributed by atoms with van der Waals surface area (Å²) in [6.45, 7) is -0.203. The fourth-order valence-corrected chi connectivity index (χ4v) is 4.16. The van der Waals surface area contributed by atoms with E-state index in [1.54, 1.807) is 42.2 Å².